The second-order valence-electron chi connectivity index (χ2n) is 9.97. The van der Waals surface area contributed by atoms with Crippen LogP contribution in [0.5, 0.6) is 0 Å². The van der Waals surface area contributed by atoms with Crippen LogP contribution in [0.25, 0.3) is 11.1 Å². The SMILES string of the molecule is CN(C)CC1(c2cccc(CN3C(=O)c4cc(Cl)cc(-c5csc(C(=O)O)c5Cl)c4C3C(N)=O)c2)CC1. The van der Waals surface area contributed by atoms with Crippen LogP contribution >= 0.6 is 34.5 Å². The van der Waals surface area contributed by atoms with Gasteiger partial charge in [-0.05, 0) is 55.8 Å². The van der Waals surface area contributed by atoms with Crippen LogP contribution in [0.3, 0.4) is 0 Å². The third kappa shape index (κ3) is 4.52. The summed E-state index contributed by atoms with van der Waals surface area (Å²) in [4.78, 5) is 41.6. The second kappa shape index (κ2) is 9.44. The number of nitrogens with zero attached hydrogens (tertiary/aromatic N) is 2. The van der Waals surface area contributed by atoms with Gasteiger partial charge in [-0.3, -0.25) is 9.59 Å². The monoisotopic (exact) mass is 557 g/mol. The van der Waals surface area contributed by atoms with E-state index >= 15 is 0 Å². The lowest BCUT2D eigenvalue weighted by Crippen LogP contribution is -2.36. The second-order valence-corrected chi connectivity index (χ2v) is 11.7. The maximum atomic E-state index is 13.6. The summed E-state index contributed by atoms with van der Waals surface area (Å²) in [7, 11) is 4.12. The number of rotatable bonds is 8. The van der Waals surface area contributed by atoms with Crippen LogP contribution in [-0.4, -0.2) is 53.3 Å². The van der Waals surface area contributed by atoms with Crippen molar-refractivity contribution in [2.45, 2.75) is 30.8 Å². The minimum atomic E-state index is -1.16. The first-order valence-corrected chi connectivity index (χ1v) is 13.3. The van der Waals surface area contributed by atoms with Crippen LogP contribution in [0, 0.1) is 0 Å². The number of carboxylic acid groups (broad SMARTS) is 1. The molecule has 37 heavy (non-hydrogen) atoms. The topological polar surface area (TPSA) is 104 Å². The molecule has 2 aliphatic rings. The predicted molar refractivity (Wildman–Crippen MR) is 144 cm³/mol. The van der Waals surface area contributed by atoms with E-state index < -0.39 is 17.9 Å². The van der Waals surface area contributed by atoms with Crippen molar-refractivity contribution in [3.05, 3.63) is 79.0 Å². The number of nitrogens with two attached hydrogens (primary N) is 1. The van der Waals surface area contributed by atoms with Crippen molar-refractivity contribution >= 4 is 52.3 Å². The zero-order valence-electron chi connectivity index (χ0n) is 20.3. The van der Waals surface area contributed by atoms with Gasteiger partial charge >= 0.3 is 5.97 Å². The summed E-state index contributed by atoms with van der Waals surface area (Å²) in [5.41, 5.74) is 9.55. The summed E-state index contributed by atoms with van der Waals surface area (Å²) >= 11 is 13.7. The van der Waals surface area contributed by atoms with E-state index in [0.29, 0.717) is 16.7 Å². The summed E-state index contributed by atoms with van der Waals surface area (Å²) in [6, 6.07) is 10.2. The van der Waals surface area contributed by atoms with E-state index in [1.165, 1.54) is 16.5 Å². The molecule has 1 aliphatic heterocycles. The number of carbonyl (C=O) groups excluding carboxylic acids is 2. The van der Waals surface area contributed by atoms with E-state index in [2.05, 4.69) is 31.1 Å². The lowest BCUT2D eigenvalue weighted by atomic mass is 9.93. The van der Waals surface area contributed by atoms with Crippen LogP contribution in [0.2, 0.25) is 10.0 Å². The summed E-state index contributed by atoms with van der Waals surface area (Å²) in [6.45, 7) is 1.12. The number of amides is 2. The normalized spacial score (nSPS) is 17.8. The first kappa shape index (κ1) is 25.7. The van der Waals surface area contributed by atoms with Gasteiger partial charge in [-0.25, -0.2) is 4.79 Å². The Bertz CT molecular complexity index is 1450. The molecule has 0 bridgehead atoms. The van der Waals surface area contributed by atoms with E-state index in [9.17, 15) is 19.5 Å². The minimum absolute atomic E-state index is 0.0272. The molecule has 1 aromatic heterocycles. The van der Waals surface area contributed by atoms with Crippen molar-refractivity contribution in [3.8, 4) is 11.1 Å². The van der Waals surface area contributed by atoms with E-state index in [1.54, 1.807) is 11.4 Å². The quantitative estimate of drug-likeness (QED) is 0.396. The number of benzene rings is 2. The van der Waals surface area contributed by atoms with Gasteiger partial charge < -0.3 is 20.6 Å². The zero-order chi connectivity index (χ0) is 26.6. The number of primary amides is 1. The van der Waals surface area contributed by atoms with Gasteiger partial charge in [-0.2, -0.15) is 0 Å². The lowest BCUT2D eigenvalue weighted by Gasteiger charge is -2.25. The fourth-order valence-electron chi connectivity index (χ4n) is 5.36. The van der Waals surface area contributed by atoms with Gasteiger partial charge in [-0.15, -0.1) is 11.3 Å². The van der Waals surface area contributed by atoms with Crippen molar-refractivity contribution in [3.63, 3.8) is 0 Å². The predicted octanol–water partition coefficient (Wildman–Crippen LogP) is 5.20. The molecule has 1 saturated carbocycles. The van der Waals surface area contributed by atoms with Crippen LogP contribution in [0.4, 0.5) is 0 Å². The minimum Gasteiger partial charge on any atom is -0.477 e. The van der Waals surface area contributed by atoms with Gasteiger partial charge in [0, 0.05) is 45.6 Å². The first-order valence-electron chi connectivity index (χ1n) is 11.7. The molecule has 1 unspecified atom stereocenters. The highest BCUT2D eigenvalue weighted by Gasteiger charge is 2.45. The Morgan fingerprint density at radius 3 is 2.46 bits per heavy atom. The molecule has 3 aromatic rings. The first-order chi connectivity index (χ1) is 17.5. The van der Waals surface area contributed by atoms with Crippen LogP contribution in [0.15, 0.2) is 41.8 Å². The lowest BCUT2D eigenvalue weighted by molar-refractivity contribution is -0.122. The third-order valence-electron chi connectivity index (χ3n) is 7.07. The Morgan fingerprint density at radius 2 is 1.86 bits per heavy atom. The van der Waals surface area contributed by atoms with E-state index in [-0.39, 0.29) is 38.4 Å². The molecule has 10 heteroatoms. The van der Waals surface area contributed by atoms with Crippen molar-refractivity contribution in [1.82, 2.24) is 9.80 Å². The summed E-state index contributed by atoms with van der Waals surface area (Å²) in [5.74, 6) is -2.22. The third-order valence-corrected chi connectivity index (χ3v) is 8.76. The Balaban J connectivity index is 1.55. The van der Waals surface area contributed by atoms with E-state index in [1.807, 2.05) is 12.1 Å². The molecule has 192 valence electrons. The Kier molecular flexibility index (Phi) is 6.56. The molecule has 7 nitrogen and oxygen atoms in total. The van der Waals surface area contributed by atoms with Crippen LogP contribution in [-0.2, 0) is 16.8 Å². The van der Waals surface area contributed by atoms with Crippen LogP contribution in [0.1, 0.15) is 55.6 Å². The number of halogens is 2. The zero-order valence-corrected chi connectivity index (χ0v) is 22.6. The van der Waals surface area contributed by atoms with Crippen molar-refractivity contribution < 1.29 is 19.5 Å². The molecule has 2 heterocycles. The van der Waals surface area contributed by atoms with Gasteiger partial charge in [0.05, 0.1) is 5.02 Å². The number of likely N-dealkylation sites (N-methyl/N-ethyl adjacent to an activating group) is 1. The molecule has 0 saturated heterocycles. The fraction of sp³-hybridized carbons (Fsp3) is 0.296. The Morgan fingerprint density at radius 1 is 1.16 bits per heavy atom. The average Bonchev–Trinajstić information content (AvgIpc) is 3.41. The molecular weight excluding hydrogens is 533 g/mol. The Labute approximate surface area is 228 Å². The molecule has 3 N–H and O–H groups in total. The number of hydrogen-bond donors (Lipinski definition) is 2. The molecule has 0 spiro atoms. The maximum Gasteiger partial charge on any atom is 0.347 e. The molecular formula is C27H25Cl2N3O4S. The van der Waals surface area contributed by atoms with Gasteiger partial charge in [0.15, 0.2) is 0 Å². The van der Waals surface area contributed by atoms with E-state index in [4.69, 9.17) is 28.9 Å². The molecule has 5 rings (SSSR count). The fourth-order valence-corrected chi connectivity index (χ4v) is 6.81. The maximum absolute atomic E-state index is 13.6. The van der Waals surface area contributed by atoms with Gasteiger partial charge in [-0.1, -0.05) is 47.5 Å². The number of carboxylic acids is 1. The highest BCUT2D eigenvalue weighted by atomic mass is 35.5. The molecule has 2 amide bonds. The highest BCUT2D eigenvalue weighted by Crippen LogP contribution is 2.49. The number of aromatic carboxylic acids is 1. The molecule has 1 atom stereocenters. The number of fused-ring (bicyclic) bond motifs is 1. The largest absolute Gasteiger partial charge is 0.477 e. The van der Waals surface area contributed by atoms with Crippen LogP contribution < -0.4 is 5.73 Å². The highest BCUT2D eigenvalue weighted by molar-refractivity contribution is 7.13. The van der Waals surface area contributed by atoms with Crippen molar-refractivity contribution in [2.24, 2.45) is 5.73 Å². The standard InChI is InChI=1S/C27H25Cl2N3O4S/c1-31(2)13-27(6-7-27)15-5-3-4-14(8-15)11-32-22(24(30)33)20-17(9-16(28)10-18(20)25(32)34)19-12-37-23(21(19)29)26(35)36/h3-5,8-10,12,22H,6-7,11,13H2,1-2H3,(H2,30,33)(H,35,36). The Hall–Kier alpha value is -2.91. The average molecular weight is 558 g/mol. The van der Waals surface area contributed by atoms with Gasteiger partial charge in [0.1, 0.15) is 10.9 Å². The molecule has 1 aliphatic carbocycles. The number of hydrogen-bond acceptors (Lipinski definition) is 5. The number of thiophene rings is 1. The summed E-state index contributed by atoms with van der Waals surface area (Å²) in [6.07, 6.45) is 2.21. The molecule has 0 radical (unpaired) electrons. The van der Waals surface area contributed by atoms with Gasteiger partial charge in [0.25, 0.3) is 5.91 Å². The molecule has 1 fully saturated rings. The van der Waals surface area contributed by atoms with E-state index in [0.717, 1.165) is 36.3 Å². The smallest absolute Gasteiger partial charge is 0.347 e. The summed E-state index contributed by atoms with van der Waals surface area (Å²) in [5, 5.41) is 11.3. The van der Waals surface area contributed by atoms with Gasteiger partial charge in [0.2, 0.25) is 5.91 Å². The van der Waals surface area contributed by atoms with Crippen molar-refractivity contribution in [2.75, 3.05) is 20.6 Å². The summed E-state index contributed by atoms with van der Waals surface area (Å²) < 4.78 is 0. The number of carbonyl (C=O) groups is 3. The molecule has 2 aromatic carbocycles. The van der Waals surface area contributed by atoms with Crippen molar-refractivity contribution in [1.29, 1.82) is 0 Å².